The minimum absolute atomic E-state index is 0.134. The summed E-state index contributed by atoms with van der Waals surface area (Å²) < 4.78 is 0. The predicted molar refractivity (Wildman–Crippen MR) is 78.3 cm³/mol. The van der Waals surface area contributed by atoms with Crippen LogP contribution in [0.3, 0.4) is 0 Å². The van der Waals surface area contributed by atoms with Crippen LogP contribution in [0, 0.1) is 0 Å². The molecule has 7 heteroatoms. The van der Waals surface area contributed by atoms with Gasteiger partial charge >= 0.3 is 0 Å². The molecular weight excluding hydrogens is 256 g/mol. The monoisotopic (exact) mass is 278 g/mol. The van der Waals surface area contributed by atoms with E-state index in [1.54, 1.807) is 6.92 Å². The average Bonchev–Trinajstić information content (AvgIpc) is 2.72. The Labute approximate surface area is 119 Å². The third-order valence-electron chi connectivity index (χ3n) is 3.65. The van der Waals surface area contributed by atoms with Crippen LogP contribution in [0.2, 0.25) is 0 Å². The van der Waals surface area contributed by atoms with E-state index in [9.17, 15) is 4.79 Å². The number of hydrazine groups is 1. The molecule has 7 nitrogen and oxygen atoms in total. The quantitative estimate of drug-likeness (QED) is 0.614. The fourth-order valence-corrected chi connectivity index (χ4v) is 2.57. The van der Waals surface area contributed by atoms with Crippen LogP contribution in [0.4, 0.5) is 11.6 Å². The van der Waals surface area contributed by atoms with Crippen molar-refractivity contribution < 1.29 is 4.79 Å². The summed E-state index contributed by atoms with van der Waals surface area (Å²) >= 11 is 0. The van der Waals surface area contributed by atoms with Crippen LogP contribution in [-0.2, 0) is 11.2 Å². The normalized spacial score (nSPS) is 15.9. The van der Waals surface area contributed by atoms with Crippen molar-refractivity contribution in [2.75, 3.05) is 36.5 Å². The van der Waals surface area contributed by atoms with E-state index < -0.39 is 0 Å². The van der Waals surface area contributed by atoms with E-state index in [1.807, 2.05) is 4.90 Å². The number of nitrogens with two attached hydrogens (primary N) is 1. The molecule has 0 saturated carbocycles. The maximum Gasteiger partial charge on any atom is 0.219 e. The van der Waals surface area contributed by atoms with Crippen molar-refractivity contribution >= 4 is 17.5 Å². The molecule has 0 aliphatic carbocycles. The van der Waals surface area contributed by atoms with Gasteiger partial charge in [0.2, 0.25) is 5.91 Å². The van der Waals surface area contributed by atoms with Gasteiger partial charge in [-0.25, -0.2) is 15.8 Å². The second-order valence-electron chi connectivity index (χ2n) is 4.87. The van der Waals surface area contributed by atoms with Crippen LogP contribution in [0.25, 0.3) is 0 Å². The molecule has 1 saturated heterocycles. The smallest absolute Gasteiger partial charge is 0.219 e. The number of aromatic nitrogens is 2. The lowest BCUT2D eigenvalue weighted by Gasteiger charge is -2.24. The Bertz CT molecular complexity index is 478. The first-order chi connectivity index (χ1) is 9.67. The van der Waals surface area contributed by atoms with Crippen molar-refractivity contribution in [1.82, 2.24) is 14.9 Å². The van der Waals surface area contributed by atoms with Crippen LogP contribution in [0.5, 0.6) is 0 Å². The van der Waals surface area contributed by atoms with Gasteiger partial charge in [-0.15, -0.1) is 0 Å². The summed E-state index contributed by atoms with van der Waals surface area (Å²) in [6.07, 6.45) is 3.28. The van der Waals surface area contributed by atoms with Crippen molar-refractivity contribution in [2.45, 2.75) is 26.7 Å². The first-order valence-electron chi connectivity index (χ1n) is 6.98. The van der Waals surface area contributed by atoms with Gasteiger partial charge in [-0.05, 0) is 12.8 Å². The van der Waals surface area contributed by atoms with E-state index in [0.29, 0.717) is 5.82 Å². The Balaban J connectivity index is 2.21. The van der Waals surface area contributed by atoms with Crippen molar-refractivity contribution in [3.63, 3.8) is 0 Å². The van der Waals surface area contributed by atoms with Gasteiger partial charge in [0.15, 0.2) is 0 Å². The zero-order chi connectivity index (χ0) is 14.5. The molecule has 0 spiro atoms. The summed E-state index contributed by atoms with van der Waals surface area (Å²) in [6.45, 7) is 6.89. The first kappa shape index (κ1) is 14.5. The molecule has 20 heavy (non-hydrogen) atoms. The summed E-state index contributed by atoms with van der Waals surface area (Å²) in [7, 11) is 0. The summed E-state index contributed by atoms with van der Waals surface area (Å²) in [6, 6.07) is 0. The lowest BCUT2D eigenvalue weighted by Crippen LogP contribution is -2.34. The molecule has 3 N–H and O–H groups in total. The van der Waals surface area contributed by atoms with Gasteiger partial charge < -0.3 is 15.2 Å². The zero-order valence-corrected chi connectivity index (χ0v) is 12.1. The van der Waals surface area contributed by atoms with Gasteiger partial charge in [-0.3, -0.25) is 4.79 Å². The Kier molecular flexibility index (Phi) is 4.73. The Morgan fingerprint density at radius 3 is 2.80 bits per heavy atom. The van der Waals surface area contributed by atoms with Crippen LogP contribution >= 0.6 is 0 Å². The topological polar surface area (TPSA) is 87.4 Å². The van der Waals surface area contributed by atoms with Gasteiger partial charge in [0.25, 0.3) is 0 Å². The Morgan fingerprint density at radius 2 is 2.15 bits per heavy atom. The predicted octanol–water partition coefficient (Wildman–Crippen LogP) is 0.383. The molecule has 2 rings (SSSR count). The van der Waals surface area contributed by atoms with Crippen molar-refractivity contribution in [2.24, 2.45) is 5.84 Å². The number of hydrogen-bond acceptors (Lipinski definition) is 6. The third-order valence-corrected chi connectivity index (χ3v) is 3.65. The number of nitrogen functional groups attached to an aromatic ring is 1. The van der Waals surface area contributed by atoms with Crippen molar-refractivity contribution in [3.8, 4) is 0 Å². The molecule has 1 aromatic heterocycles. The fraction of sp³-hybridized carbons (Fsp3) is 0.615. The standard InChI is InChI=1S/C13H22N6O/c1-3-11-12(17-14)15-9-16-13(11)19-6-4-5-18(7-8-19)10(2)20/h9H,3-8,14H2,1-2H3,(H,15,16,17). The van der Waals surface area contributed by atoms with E-state index in [1.165, 1.54) is 6.33 Å². The molecule has 0 atom stereocenters. The second-order valence-corrected chi connectivity index (χ2v) is 4.87. The number of amides is 1. The van der Waals surface area contributed by atoms with Gasteiger partial charge in [0.1, 0.15) is 18.0 Å². The van der Waals surface area contributed by atoms with Gasteiger partial charge in [0.05, 0.1) is 0 Å². The molecule has 2 heterocycles. The van der Waals surface area contributed by atoms with Crippen molar-refractivity contribution in [1.29, 1.82) is 0 Å². The third kappa shape index (κ3) is 2.98. The number of hydrogen-bond donors (Lipinski definition) is 2. The molecular formula is C13H22N6O. The number of rotatable bonds is 3. The van der Waals surface area contributed by atoms with Crippen molar-refractivity contribution in [3.05, 3.63) is 11.9 Å². The highest BCUT2D eigenvalue weighted by atomic mass is 16.2. The minimum atomic E-state index is 0.134. The maximum absolute atomic E-state index is 11.5. The van der Waals surface area contributed by atoms with E-state index in [0.717, 1.165) is 50.4 Å². The number of carbonyl (C=O) groups excluding carboxylic acids is 1. The van der Waals surface area contributed by atoms with Gasteiger partial charge in [0, 0.05) is 38.7 Å². The minimum Gasteiger partial charge on any atom is -0.354 e. The lowest BCUT2D eigenvalue weighted by atomic mass is 10.2. The molecule has 0 radical (unpaired) electrons. The van der Waals surface area contributed by atoms with E-state index in [2.05, 4.69) is 27.2 Å². The Hall–Kier alpha value is -1.89. The van der Waals surface area contributed by atoms with Crippen LogP contribution < -0.4 is 16.2 Å². The van der Waals surface area contributed by atoms with Crippen LogP contribution in [0.15, 0.2) is 6.33 Å². The number of nitrogens with one attached hydrogen (secondary N) is 1. The maximum atomic E-state index is 11.5. The van der Waals surface area contributed by atoms with Gasteiger partial charge in [-0.1, -0.05) is 6.92 Å². The van der Waals surface area contributed by atoms with E-state index >= 15 is 0 Å². The second kappa shape index (κ2) is 6.51. The molecule has 0 unspecified atom stereocenters. The molecule has 1 amide bonds. The first-order valence-corrected chi connectivity index (χ1v) is 6.98. The number of carbonyl (C=O) groups is 1. The number of nitrogens with zero attached hydrogens (tertiary/aromatic N) is 4. The highest BCUT2D eigenvalue weighted by Gasteiger charge is 2.20. The average molecular weight is 278 g/mol. The summed E-state index contributed by atoms with van der Waals surface area (Å²) in [4.78, 5) is 24.1. The summed E-state index contributed by atoms with van der Waals surface area (Å²) in [5.41, 5.74) is 3.65. The molecule has 0 aromatic carbocycles. The molecule has 1 fully saturated rings. The largest absolute Gasteiger partial charge is 0.354 e. The van der Waals surface area contributed by atoms with Crippen LogP contribution in [-0.4, -0.2) is 47.0 Å². The van der Waals surface area contributed by atoms with Crippen LogP contribution in [0.1, 0.15) is 25.8 Å². The van der Waals surface area contributed by atoms with E-state index in [4.69, 9.17) is 5.84 Å². The zero-order valence-electron chi connectivity index (χ0n) is 12.1. The molecule has 0 bridgehead atoms. The molecule has 1 aliphatic rings. The Morgan fingerprint density at radius 1 is 1.35 bits per heavy atom. The summed E-state index contributed by atoms with van der Waals surface area (Å²) in [5, 5.41) is 0. The van der Waals surface area contributed by atoms with E-state index in [-0.39, 0.29) is 5.91 Å². The summed E-state index contributed by atoms with van der Waals surface area (Å²) in [5.74, 6) is 7.23. The SMILES string of the molecule is CCc1c(NN)ncnc1N1CCCN(C(C)=O)CC1. The number of anilines is 2. The van der Waals surface area contributed by atoms with Gasteiger partial charge in [-0.2, -0.15) is 0 Å². The fourth-order valence-electron chi connectivity index (χ4n) is 2.57. The molecule has 1 aromatic rings. The highest BCUT2D eigenvalue weighted by Crippen LogP contribution is 2.24. The molecule has 1 aliphatic heterocycles. The lowest BCUT2D eigenvalue weighted by molar-refractivity contribution is -0.128. The highest BCUT2D eigenvalue weighted by molar-refractivity contribution is 5.73. The molecule has 110 valence electrons.